The van der Waals surface area contributed by atoms with Crippen LogP contribution in [0.15, 0.2) is 24.3 Å². The predicted molar refractivity (Wildman–Crippen MR) is 154 cm³/mol. The Bertz CT molecular complexity index is 1400. The molecule has 1 aromatic carbocycles. The summed E-state index contributed by atoms with van der Waals surface area (Å²) < 4.78 is 60.1. The van der Waals surface area contributed by atoms with Crippen molar-refractivity contribution >= 4 is 38.9 Å². The fourth-order valence-corrected chi connectivity index (χ4v) is 6.52. The Hall–Kier alpha value is -3.19. The monoisotopic (exact) mass is 593 g/mol. The van der Waals surface area contributed by atoms with Crippen LogP contribution < -0.4 is 24.6 Å². The quantitative estimate of drug-likeness (QED) is 0.399. The van der Waals surface area contributed by atoms with E-state index >= 15 is 0 Å². The number of aliphatic hydroxyl groups is 1. The molecule has 1 amide bonds. The van der Waals surface area contributed by atoms with Gasteiger partial charge in [0, 0.05) is 51.2 Å². The number of anilines is 4. The Kier molecular flexibility index (Phi) is 8.03. The number of pyridine rings is 1. The molecule has 0 atom stereocenters. The second kappa shape index (κ2) is 11.2. The second-order valence-corrected chi connectivity index (χ2v) is 13.2. The van der Waals surface area contributed by atoms with Crippen molar-refractivity contribution in [2.24, 2.45) is 5.41 Å². The number of nitrogens with one attached hydrogen (secondary N) is 2. The molecule has 3 fully saturated rings. The zero-order valence-electron chi connectivity index (χ0n) is 23.4. The molecule has 1 saturated carbocycles. The molecule has 0 unspecified atom stereocenters. The summed E-state index contributed by atoms with van der Waals surface area (Å²) in [5.74, 6) is -2.48. The molecule has 1 aliphatic carbocycles. The van der Waals surface area contributed by atoms with Crippen LogP contribution in [0.5, 0.6) is 5.75 Å². The molecule has 2 aliphatic heterocycles. The van der Waals surface area contributed by atoms with E-state index in [0.29, 0.717) is 39.5 Å². The van der Waals surface area contributed by atoms with Crippen LogP contribution in [-0.2, 0) is 10.0 Å². The molecule has 3 heterocycles. The largest absolute Gasteiger partial charge is 0.496 e. The number of aryl methyl sites for hydroxylation is 1. The molecule has 3 aliphatic rings. The van der Waals surface area contributed by atoms with E-state index in [0.717, 1.165) is 25.9 Å². The van der Waals surface area contributed by atoms with Crippen LogP contribution in [0.4, 0.5) is 31.8 Å². The van der Waals surface area contributed by atoms with Crippen LogP contribution in [-0.4, -0.2) is 76.0 Å². The van der Waals surface area contributed by atoms with Gasteiger partial charge in [-0.15, -0.1) is 0 Å². The first-order valence-corrected chi connectivity index (χ1v) is 15.6. The minimum Gasteiger partial charge on any atom is -0.496 e. The molecular weight excluding hydrogens is 556 g/mol. The lowest BCUT2D eigenvalue weighted by Gasteiger charge is -2.35. The lowest BCUT2D eigenvalue weighted by atomic mass is 9.92. The van der Waals surface area contributed by atoms with Crippen molar-refractivity contribution in [1.82, 2.24) is 4.98 Å². The van der Waals surface area contributed by atoms with E-state index < -0.39 is 34.2 Å². The highest BCUT2D eigenvalue weighted by atomic mass is 32.2. The smallest absolute Gasteiger partial charge is 0.259 e. The van der Waals surface area contributed by atoms with Crippen molar-refractivity contribution in [3.63, 3.8) is 0 Å². The number of carbonyl (C=O) groups excluding carboxylic acids is 1. The molecular formula is C28H37F2N5O5S. The number of carbonyl (C=O) groups is 1. The van der Waals surface area contributed by atoms with Crippen LogP contribution in [0.2, 0.25) is 0 Å². The minimum atomic E-state index is -3.76. The average Bonchev–Trinajstić information content (AvgIpc) is 3.66. The molecule has 2 aromatic rings. The summed E-state index contributed by atoms with van der Waals surface area (Å²) in [5, 5.41) is 12.0. The van der Waals surface area contributed by atoms with E-state index in [1.807, 2.05) is 0 Å². The number of aromatic nitrogens is 1. The Labute approximate surface area is 239 Å². The van der Waals surface area contributed by atoms with Crippen LogP contribution in [0.25, 0.3) is 0 Å². The molecule has 1 aromatic heterocycles. The first-order chi connectivity index (χ1) is 19.4. The fourth-order valence-electron chi connectivity index (χ4n) is 5.70. The number of rotatable bonds is 9. The number of alkyl halides is 2. The molecule has 2 saturated heterocycles. The van der Waals surface area contributed by atoms with Gasteiger partial charge in [0.15, 0.2) is 0 Å². The summed E-state index contributed by atoms with van der Waals surface area (Å²) in [6.07, 6.45) is 3.88. The Morgan fingerprint density at radius 3 is 2.29 bits per heavy atom. The van der Waals surface area contributed by atoms with Crippen molar-refractivity contribution in [2.45, 2.75) is 51.4 Å². The highest BCUT2D eigenvalue weighted by molar-refractivity contribution is 7.92. The highest BCUT2D eigenvalue weighted by Crippen LogP contribution is 2.54. The van der Waals surface area contributed by atoms with E-state index in [1.54, 1.807) is 36.1 Å². The van der Waals surface area contributed by atoms with Crippen LogP contribution in [0, 0.1) is 12.3 Å². The van der Waals surface area contributed by atoms with Gasteiger partial charge in [0.1, 0.15) is 17.4 Å². The average molecular weight is 594 g/mol. The zero-order valence-corrected chi connectivity index (χ0v) is 24.2. The van der Waals surface area contributed by atoms with Gasteiger partial charge in [-0.2, -0.15) is 0 Å². The molecule has 3 N–H and O–H groups in total. The van der Waals surface area contributed by atoms with Crippen molar-refractivity contribution in [2.75, 3.05) is 65.5 Å². The molecule has 0 bridgehead atoms. The van der Waals surface area contributed by atoms with Gasteiger partial charge in [0.25, 0.3) is 11.8 Å². The number of benzene rings is 1. The van der Waals surface area contributed by atoms with Gasteiger partial charge in [0.2, 0.25) is 10.0 Å². The lowest BCUT2D eigenvalue weighted by Crippen LogP contribution is -2.39. The lowest BCUT2D eigenvalue weighted by molar-refractivity contribution is -0.0221. The summed E-state index contributed by atoms with van der Waals surface area (Å²) in [4.78, 5) is 22.2. The number of sulfonamides is 1. The molecule has 5 rings (SSSR count). The number of ether oxygens (including phenoxy) is 1. The standard InChI is InChI=1S/C28H37F2N5O5S/c1-19-15-20(33-41(38,39)14-13-36)16-22(34-9-5-27(3-4-27)6-10-34)25(19)26(37)32-23-17-21(40-2)18-24(31-23)35-11-7-28(29,30)8-12-35/h15-18,33,36H,3-14H2,1-2H3,(H,31,32,37). The van der Waals surface area contributed by atoms with Crippen molar-refractivity contribution in [3.8, 4) is 5.75 Å². The minimum absolute atomic E-state index is 0.133. The second-order valence-electron chi connectivity index (χ2n) is 11.4. The zero-order chi connectivity index (χ0) is 29.4. The number of hydrogen-bond acceptors (Lipinski definition) is 8. The van der Waals surface area contributed by atoms with E-state index in [-0.39, 0.29) is 31.7 Å². The van der Waals surface area contributed by atoms with E-state index in [1.165, 1.54) is 20.0 Å². The van der Waals surface area contributed by atoms with Crippen molar-refractivity contribution < 1.29 is 31.8 Å². The SMILES string of the molecule is COc1cc(NC(=O)c2c(C)cc(NS(=O)(=O)CCO)cc2N2CCC3(CC2)CC3)nc(N2CCC(F)(F)CC2)c1. The van der Waals surface area contributed by atoms with Gasteiger partial charge < -0.3 is 25.0 Å². The number of nitrogens with zero attached hydrogens (tertiary/aromatic N) is 3. The third kappa shape index (κ3) is 6.83. The molecule has 1 spiro atoms. The third-order valence-electron chi connectivity index (χ3n) is 8.38. The normalized spacial score (nSPS) is 19.6. The third-order valence-corrected chi connectivity index (χ3v) is 9.65. The molecule has 0 radical (unpaired) electrons. The number of aliphatic hydroxyl groups excluding tert-OH is 1. The van der Waals surface area contributed by atoms with Crippen LogP contribution in [0.3, 0.4) is 0 Å². The molecule has 13 heteroatoms. The maximum Gasteiger partial charge on any atom is 0.259 e. The van der Waals surface area contributed by atoms with Crippen molar-refractivity contribution in [3.05, 3.63) is 35.4 Å². The van der Waals surface area contributed by atoms with E-state index in [2.05, 4.69) is 19.9 Å². The topological polar surface area (TPSA) is 124 Å². The first-order valence-electron chi connectivity index (χ1n) is 13.9. The maximum atomic E-state index is 13.8. The molecule has 224 valence electrons. The number of methoxy groups -OCH3 is 1. The Balaban J connectivity index is 1.44. The van der Waals surface area contributed by atoms with Gasteiger partial charge in [-0.05, 0) is 55.7 Å². The highest BCUT2D eigenvalue weighted by Gasteiger charge is 2.45. The predicted octanol–water partition coefficient (Wildman–Crippen LogP) is 4.00. The van der Waals surface area contributed by atoms with Crippen molar-refractivity contribution in [1.29, 1.82) is 0 Å². The fraction of sp³-hybridized carbons (Fsp3) is 0.571. The molecule has 41 heavy (non-hydrogen) atoms. The number of hydrogen-bond donors (Lipinski definition) is 3. The van der Waals surface area contributed by atoms with Gasteiger partial charge in [-0.3, -0.25) is 9.52 Å². The molecule has 10 nitrogen and oxygen atoms in total. The summed E-state index contributed by atoms with van der Waals surface area (Å²) in [7, 11) is -2.28. The van der Waals surface area contributed by atoms with Gasteiger partial charge in [-0.1, -0.05) is 0 Å². The van der Waals surface area contributed by atoms with Gasteiger partial charge in [0.05, 0.1) is 36.4 Å². The van der Waals surface area contributed by atoms with E-state index in [4.69, 9.17) is 9.84 Å². The van der Waals surface area contributed by atoms with Gasteiger partial charge in [-0.25, -0.2) is 22.2 Å². The summed E-state index contributed by atoms with van der Waals surface area (Å²) in [6.45, 7) is 2.99. The summed E-state index contributed by atoms with van der Waals surface area (Å²) in [5.41, 5.74) is 2.28. The summed E-state index contributed by atoms with van der Waals surface area (Å²) in [6, 6.07) is 6.49. The van der Waals surface area contributed by atoms with E-state index in [9.17, 15) is 22.0 Å². The maximum absolute atomic E-state index is 13.8. The summed E-state index contributed by atoms with van der Waals surface area (Å²) >= 11 is 0. The van der Waals surface area contributed by atoms with Gasteiger partial charge >= 0.3 is 0 Å². The Morgan fingerprint density at radius 2 is 1.68 bits per heavy atom. The van der Waals surface area contributed by atoms with Crippen LogP contribution in [0.1, 0.15) is 54.4 Å². The number of piperidine rings is 2. The Morgan fingerprint density at radius 1 is 1.02 bits per heavy atom. The number of halogens is 2. The van der Waals surface area contributed by atoms with Crippen LogP contribution >= 0.6 is 0 Å². The first kappa shape index (κ1) is 29.3. The number of amides is 1.